The SMILES string of the molecule is COc1cccc(COC(=O)c2cccc(N)n2)c1. The Kier molecular flexibility index (Phi) is 3.97. The van der Waals surface area contributed by atoms with E-state index in [1.165, 1.54) is 0 Å². The quantitative estimate of drug-likeness (QED) is 0.849. The van der Waals surface area contributed by atoms with Crippen LogP contribution >= 0.6 is 0 Å². The summed E-state index contributed by atoms with van der Waals surface area (Å²) in [5.74, 6) is 0.501. The molecule has 0 aliphatic heterocycles. The minimum Gasteiger partial charge on any atom is -0.497 e. The van der Waals surface area contributed by atoms with Crippen LogP contribution in [0.1, 0.15) is 16.1 Å². The molecule has 0 radical (unpaired) electrons. The van der Waals surface area contributed by atoms with E-state index in [1.807, 2.05) is 18.2 Å². The second-order valence-electron chi connectivity index (χ2n) is 3.88. The predicted octanol–water partition coefficient (Wildman–Crippen LogP) is 2.03. The van der Waals surface area contributed by atoms with E-state index in [0.29, 0.717) is 0 Å². The molecular formula is C14H14N2O3. The summed E-state index contributed by atoms with van der Waals surface area (Å²) in [5.41, 5.74) is 6.55. The molecule has 0 amide bonds. The van der Waals surface area contributed by atoms with Crippen LogP contribution in [-0.2, 0) is 11.3 Å². The second kappa shape index (κ2) is 5.86. The third kappa shape index (κ3) is 3.45. The molecule has 0 saturated heterocycles. The molecule has 0 aliphatic rings. The van der Waals surface area contributed by atoms with E-state index in [-0.39, 0.29) is 18.1 Å². The largest absolute Gasteiger partial charge is 0.497 e. The third-order valence-electron chi connectivity index (χ3n) is 2.48. The third-order valence-corrected chi connectivity index (χ3v) is 2.48. The number of anilines is 1. The second-order valence-corrected chi connectivity index (χ2v) is 3.88. The van der Waals surface area contributed by atoms with E-state index >= 15 is 0 Å². The number of hydrogen-bond donors (Lipinski definition) is 1. The van der Waals surface area contributed by atoms with Crippen molar-refractivity contribution < 1.29 is 14.3 Å². The van der Waals surface area contributed by atoms with Gasteiger partial charge in [-0.05, 0) is 29.8 Å². The molecule has 0 aliphatic carbocycles. The minimum absolute atomic E-state index is 0.159. The lowest BCUT2D eigenvalue weighted by atomic mass is 10.2. The van der Waals surface area contributed by atoms with Crippen LogP contribution in [-0.4, -0.2) is 18.1 Å². The summed E-state index contributed by atoms with van der Waals surface area (Å²) in [6.45, 7) is 0.159. The Morgan fingerprint density at radius 3 is 2.79 bits per heavy atom. The van der Waals surface area contributed by atoms with Gasteiger partial charge in [0.2, 0.25) is 0 Å². The van der Waals surface area contributed by atoms with Crippen LogP contribution in [0, 0.1) is 0 Å². The Hall–Kier alpha value is -2.56. The van der Waals surface area contributed by atoms with Gasteiger partial charge >= 0.3 is 5.97 Å². The molecule has 5 heteroatoms. The summed E-state index contributed by atoms with van der Waals surface area (Å²) in [4.78, 5) is 15.7. The fourth-order valence-corrected chi connectivity index (χ4v) is 1.55. The van der Waals surface area contributed by atoms with Gasteiger partial charge in [-0.15, -0.1) is 0 Å². The van der Waals surface area contributed by atoms with Crippen LogP contribution in [0.25, 0.3) is 0 Å². The number of esters is 1. The monoisotopic (exact) mass is 258 g/mol. The fraction of sp³-hybridized carbons (Fsp3) is 0.143. The van der Waals surface area contributed by atoms with Crippen molar-refractivity contribution in [3.63, 3.8) is 0 Å². The molecule has 1 aromatic carbocycles. The highest BCUT2D eigenvalue weighted by atomic mass is 16.5. The van der Waals surface area contributed by atoms with Gasteiger partial charge < -0.3 is 15.2 Å². The zero-order valence-corrected chi connectivity index (χ0v) is 10.5. The molecule has 0 spiro atoms. The fourth-order valence-electron chi connectivity index (χ4n) is 1.55. The first-order valence-electron chi connectivity index (χ1n) is 5.71. The predicted molar refractivity (Wildman–Crippen MR) is 70.8 cm³/mol. The topological polar surface area (TPSA) is 74.4 Å². The zero-order valence-electron chi connectivity index (χ0n) is 10.5. The summed E-state index contributed by atoms with van der Waals surface area (Å²) in [7, 11) is 1.59. The number of carbonyl (C=O) groups excluding carboxylic acids is 1. The average Bonchev–Trinajstić information content (AvgIpc) is 2.45. The van der Waals surface area contributed by atoms with Crippen molar-refractivity contribution in [2.75, 3.05) is 12.8 Å². The van der Waals surface area contributed by atoms with Gasteiger partial charge in [0.15, 0.2) is 5.69 Å². The van der Waals surface area contributed by atoms with E-state index in [1.54, 1.807) is 31.4 Å². The molecule has 0 saturated carbocycles. The highest BCUT2D eigenvalue weighted by molar-refractivity contribution is 5.87. The van der Waals surface area contributed by atoms with E-state index in [4.69, 9.17) is 15.2 Å². The van der Waals surface area contributed by atoms with Gasteiger partial charge in [0, 0.05) is 0 Å². The van der Waals surface area contributed by atoms with Gasteiger partial charge in [-0.2, -0.15) is 0 Å². The van der Waals surface area contributed by atoms with Crippen molar-refractivity contribution in [3.05, 3.63) is 53.7 Å². The number of hydrogen-bond acceptors (Lipinski definition) is 5. The number of pyridine rings is 1. The molecule has 0 unspecified atom stereocenters. The van der Waals surface area contributed by atoms with Crippen LogP contribution in [0.15, 0.2) is 42.5 Å². The lowest BCUT2D eigenvalue weighted by molar-refractivity contribution is 0.0465. The van der Waals surface area contributed by atoms with Crippen LogP contribution in [0.3, 0.4) is 0 Å². The Morgan fingerprint density at radius 2 is 2.05 bits per heavy atom. The molecule has 2 rings (SSSR count). The lowest BCUT2D eigenvalue weighted by Crippen LogP contribution is -2.08. The van der Waals surface area contributed by atoms with Crippen molar-refractivity contribution in [2.45, 2.75) is 6.61 Å². The van der Waals surface area contributed by atoms with E-state index in [9.17, 15) is 4.79 Å². The first-order chi connectivity index (χ1) is 9.19. The van der Waals surface area contributed by atoms with Crippen molar-refractivity contribution >= 4 is 11.8 Å². The molecule has 19 heavy (non-hydrogen) atoms. The van der Waals surface area contributed by atoms with Crippen LogP contribution in [0.4, 0.5) is 5.82 Å². The number of methoxy groups -OCH3 is 1. The number of aromatic nitrogens is 1. The first kappa shape index (κ1) is 12.9. The Balaban J connectivity index is 2.00. The molecule has 2 aromatic rings. The highest BCUT2D eigenvalue weighted by Gasteiger charge is 2.09. The van der Waals surface area contributed by atoms with Gasteiger partial charge in [-0.3, -0.25) is 0 Å². The van der Waals surface area contributed by atoms with E-state index in [2.05, 4.69) is 4.98 Å². The number of ether oxygens (including phenoxy) is 2. The van der Waals surface area contributed by atoms with Crippen LogP contribution < -0.4 is 10.5 Å². The van der Waals surface area contributed by atoms with Gasteiger partial charge in [-0.25, -0.2) is 9.78 Å². The number of benzene rings is 1. The molecule has 0 atom stereocenters. The summed E-state index contributed by atoms with van der Waals surface area (Å²) in [6.07, 6.45) is 0. The number of nitrogens with two attached hydrogens (primary N) is 1. The standard InChI is InChI=1S/C14H14N2O3/c1-18-11-5-2-4-10(8-11)9-19-14(17)12-6-3-7-13(15)16-12/h2-8H,9H2,1H3,(H2,15,16). The summed E-state index contributed by atoms with van der Waals surface area (Å²) < 4.78 is 10.2. The van der Waals surface area contributed by atoms with Crippen molar-refractivity contribution in [1.29, 1.82) is 0 Å². The van der Waals surface area contributed by atoms with Gasteiger partial charge in [0.25, 0.3) is 0 Å². The van der Waals surface area contributed by atoms with Crippen molar-refractivity contribution in [1.82, 2.24) is 4.98 Å². The first-order valence-corrected chi connectivity index (χ1v) is 5.71. The Morgan fingerprint density at radius 1 is 1.26 bits per heavy atom. The number of rotatable bonds is 4. The maximum atomic E-state index is 11.8. The molecule has 1 aromatic heterocycles. The Bertz CT molecular complexity index is 584. The number of nitrogen functional groups attached to an aromatic ring is 1. The summed E-state index contributed by atoms with van der Waals surface area (Å²) >= 11 is 0. The molecule has 2 N–H and O–H groups in total. The molecule has 5 nitrogen and oxygen atoms in total. The highest BCUT2D eigenvalue weighted by Crippen LogP contribution is 2.14. The van der Waals surface area contributed by atoms with E-state index in [0.717, 1.165) is 11.3 Å². The van der Waals surface area contributed by atoms with Gasteiger partial charge in [-0.1, -0.05) is 18.2 Å². The minimum atomic E-state index is -0.505. The van der Waals surface area contributed by atoms with Crippen LogP contribution in [0.5, 0.6) is 5.75 Å². The summed E-state index contributed by atoms with van der Waals surface area (Å²) in [5, 5.41) is 0. The lowest BCUT2D eigenvalue weighted by Gasteiger charge is -2.06. The number of carbonyl (C=O) groups is 1. The number of nitrogens with zero attached hydrogens (tertiary/aromatic N) is 1. The van der Waals surface area contributed by atoms with Crippen LogP contribution in [0.2, 0.25) is 0 Å². The van der Waals surface area contributed by atoms with Crippen molar-refractivity contribution in [3.8, 4) is 5.75 Å². The maximum absolute atomic E-state index is 11.8. The molecule has 0 fully saturated rings. The smallest absolute Gasteiger partial charge is 0.357 e. The summed E-state index contributed by atoms with van der Waals surface area (Å²) in [6, 6.07) is 12.1. The van der Waals surface area contributed by atoms with E-state index < -0.39 is 5.97 Å². The van der Waals surface area contributed by atoms with Crippen molar-refractivity contribution in [2.24, 2.45) is 0 Å². The van der Waals surface area contributed by atoms with Gasteiger partial charge in [0.05, 0.1) is 7.11 Å². The maximum Gasteiger partial charge on any atom is 0.357 e. The molecule has 1 heterocycles. The zero-order chi connectivity index (χ0) is 13.7. The Labute approximate surface area is 111 Å². The molecule has 98 valence electrons. The average molecular weight is 258 g/mol. The molecular weight excluding hydrogens is 244 g/mol. The van der Waals surface area contributed by atoms with Gasteiger partial charge in [0.1, 0.15) is 18.2 Å². The normalized spacial score (nSPS) is 9.95. The molecule has 0 bridgehead atoms.